The molecule has 1 aliphatic heterocycles. The van der Waals surface area contributed by atoms with Crippen LogP contribution >= 0.6 is 24.0 Å². The standard InChI is InChI=1S/C25H27NO4S2/c1-29-23(27)10-6-3-7-16-26-24(28)22(32-25(26)31)18-20-11-13-21(14-12-20)30-17-15-19-8-4-2-5-9-19/h2,4-5,8-9,11-14,18H,3,6-7,10,15-17H2,1H3/b22-18-. The van der Waals surface area contributed by atoms with E-state index < -0.39 is 0 Å². The van der Waals surface area contributed by atoms with E-state index in [1.54, 1.807) is 4.90 Å². The van der Waals surface area contributed by atoms with E-state index >= 15 is 0 Å². The van der Waals surface area contributed by atoms with Crippen LogP contribution in [-0.4, -0.2) is 41.4 Å². The van der Waals surface area contributed by atoms with Gasteiger partial charge in [-0.1, -0.05) is 72.9 Å². The molecule has 0 aromatic heterocycles. The molecule has 0 spiro atoms. The first kappa shape index (κ1) is 24.0. The fourth-order valence-electron chi connectivity index (χ4n) is 3.25. The zero-order chi connectivity index (χ0) is 22.8. The topological polar surface area (TPSA) is 55.8 Å². The van der Waals surface area contributed by atoms with Gasteiger partial charge in [-0.2, -0.15) is 0 Å². The van der Waals surface area contributed by atoms with Gasteiger partial charge in [0.15, 0.2) is 0 Å². The minimum atomic E-state index is -0.203. The fourth-order valence-corrected chi connectivity index (χ4v) is 4.56. The summed E-state index contributed by atoms with van der Waals surface area (Å²) < 4.78 is 11.0. The largest absolute Gasteiger partial charge is 0.493 e. The molecule has 1 fully saturated rings. The third-order valence-electron chi connectivity index (χ3n) is 5.04. The number of ether oxygens (including phenoxy) is 2. The Morgan fingerprint density at radius 3 is 2.53 bits per heavy atom. The van der Waals surface area contributed by atoms with E-state index in [0.29, 0.717) is 28.8 Å². The second-order valence-electron chi connectivity index (χ2n) is 7.37. The number of unbranched alkanes of at least 4 members (excludes halogenated alkanes) is 2. The Hall–Kier alpha value is -2.64. The van der Waals surface area contributed by atoms with Gasteiger partial charge in [0.1, 0.15) is 10.1 Å². The lowest BCUT2D eigenvalue weighted by molar-refractivity contribution is -0.140. The van der Waals surface area contributed by atoms with E-state index in [9.17, 15) is 9.59 Å². The quantitative estimate of drug-likeness (QED) is 0.194. The summed E-state index contributed by atoms with van der Waals surface area (Å²) in [7, 11) is 1.39. The van der Waals surface area contributed by atoms with E-state index in [1.165, 1.54) is 24.4 Å². The van der Waals surface area contributed by atoms with Gasteiger partial charge in [-0.05, 0) is 42.2 Å². The SMILES string of the molecule is COC(=O)CCCCCN1C(=O)/C(=C/c2ccc(OCCc3ccccc3)cc2)SC1=S. The summed E-state index contributed by atoms with van der Waals surface area (Å²) in [5.74, 6) is 0.542. The molecule has 0 unspecified atom stereocenters. The molecule has 2 aromatic carbocycles. The molecular weight excluding hydrogens is 442 g/mol. The highest BCUT2D eigenvalue weighted by Gasteiger charge is 2.31. The van der Waals surface area contributed by atoms with Crippen LogP contribution < -0.4 is 4.74 Å². The van der Waals surface area contributed by atoms with Crippen LogP contribution in [-0.2, 0) is 20.7 Å². The molecule has 0 radical (unpaired) electrons. The van der Waals surface area contributed by atoms with Gasteiger partial charge in [0.05, 0.1) is 18.6 Å². The third-order valence-corrected chi connectivity index (χ3v) is 6.42. The monoisotopic (exact) mass is 469 g/mol. The van der Waals surface area contributed by atoms with Crippen LogP contribution in [0.15, 0.2) is 59.5 Å². The van der Waals surface area contributed by atoms with Gasteiger partial charge in [0.25, 0.3) is 5.91 Å². The van der Waals surface area contributed by atoms with E-state index in [0.717, 1.165) is 37.0 Å². The Morgan fingerprint density at radius 1 is 1.06 bits per heavy atom. The summed E-state index contributed by atoms with van der Waals surface area (Å²) in [6.07, 6.45) is 5.51. The Kier molecular flexibility index (Phi) is 9.31. The van der Waals surface area contributed by atoms with Crippen molar-refractivity contribution in [3.63, 3.8) is 0 Å². The Morgan fingerprint density at radius 2 is 1.81 bits per heavy atom. The van der Waals surface area contributed by atoms with Crippen molar-refractivity contribution in [3.05, 3.63) is 70.6 Å². The van der Waals surface area contributed by atoms with Gasteiger partial charge >= 0.3 is 5.97 Å². The second kappa shape index (κ2) is 12.4. The first-order valence-electron chi connectivity index (χ1n) is 10.7. The maximum absolute atomic E-state index is 12.7. The molecule has 168 valence electrons. The molecule has 1 heterocycles. The first-order valence-corrected chi connectivity index (χ1v) is 11.9. The van der Waals surface area contributed by atoms with E-state index in [-0.39, 0.29) is 11.9 Å². The highest BCUT2D eigenvalue weighted by atomic mass is 32.2. The number of esters is 1. The number of hydrogen-bond donors (Lipinski definition) is 0. The molecule has 2 aromatic rings. The van der Waals surface area contributed by atoms with Crippen molar-refractivity contribution in [1.82, 2.24) is 4.90 Å². The molecular formula is C25H27NO4S2. The highest BCUT2D eigenvalue weighted by Crippen LogP contribution is 2.33. The number of methoxy groups -OCH3 is 1. The van der Waals surface area contributed by atoms with Crippen LogP contribution in [0.5, 0.6) is 5.75 Å². The first-order chi connectivity index (χ1) is 15.6. The Balaban J connectivity index is 1.46. The number of carbonyl (C=O) groups is 2. The number of thiocarbonyl (C=S) groups is 1. The lowest BCUT2D eigenvalue weighted by Gasteiger charge is -2.13. The molecule has 1 amide bonds. The van der Waals surface area contributed by atoms with Gasteiger partial charge in [0, 0.05) is 19.4 Å². The lowest BCUT2D eigenvalue weighted by atomic mass is 10.1. The van der Waals surface area contributed by atoms with E-state index in [4.69, 9.17) is 17.0 Å². The van der Waals surface area contributed by atoms with E-state index in [1.807, 2.05) is 48.5 Å². The zero-order valence-electron chi connectivity index (χ0n) is 18.1. The number of hydrogen-bond acceptors (Lipinski definition) is 6. The van der Waals surface area contributed by atoms with Crippen molar-refractivity contribution in [2.24, 2.45) is 0 Å². The summed E-state index contributed by atoms with van der Waals surface area (Å²) >= 11 is 6.72. The molecule has 0 N–H and O–H groups in total. The van der Waals surface area contributed by atoms with Crippen molar-refractivity contribution in [3.8, 4) is 5.75 Å². The minimum Gasteiger partial charge on any atom is -0.493 e. The smallest absolute Gasteiger partial charge is 0.305 e. The average molecular weight is 470 g/mol. The molecule has 0 atom stereocenters. The number of carbonyl (C=O) groups excluding carboxylic acids is 2. The van der Waals surface area contributed by atoms with Crippen molar-refractivity contribution in [2.45, 2.75) is 32.1 Å². The second-order valence-corrected chi connectivity index (χ2v) is 9.05. The third kappa shape index (κ3) is 7.21. The summed E-state index contributed by atoms with van der Waals surface area (Å²) in [6, 6.07) is 17.9. The summed E-state index contributed by atoms with van der Waals surface area (Å²) in [5, 5.41) is 0. The fraction of sp³-hybridized carbons (Fsp3) is 0.320. The normalized spacial score (nSPS) is 14.8. The average Bonchev–Trinajstić information content (AvgIpc) is 3.07. The van der Waals surface area contributed by atoms with Crippen molar-refractivity contribution in [2.75, 3.05) is 20.3 Å². The van der Waals surface area contributed by atoms with Crippen molar-refractivity contribution in [1.29, 1.82) is 0 Å². The molecule has 32 heavy (non-hydrogen) atoms. The van der Waals surface area contributed by atoms with Crippen LogP contribution in [0, 0.1) is 0 Å². The molecule has 1 saturated heterocycles. The number of thioether (sulfide) groups is 1. The lowest BCUT2D eigenvalue weighted by Crippen LogP contribution is -2.29. The van der Waals surface area contributed by atoms with Crippen molar-refractivity contribution >= 4 is 46.3 Å². The Bertz CT molecular complexity index is 958. The van der Waals surface area contributed by atoms with Crippen LogP contribution in [0.3, 0.4) is 0 Å². The van der Waals surface area contributed by atoms with Gasteiger partial charge in [-0.3, -0.25) is 14.5 Å². The number of amides is 1. The van der Waals surface area contributed by atoms with Gasteiger partial charge in [-0.25, -0.2) is 0 Å². The number of nitrogens with zero attached hydrogens (tertiary/aromatic N) is 1. The number of rotatable bonds is 11. The maximum atomic E-state index is 12.7. The predicted molar refractivity (Wildman–Crippen MR) is 132 cm³/mol. The van der Waals surface area contributed by atoms with Gasteiger partial charge in [-0.15, -0.1) is 0 Å². The van der Waals surface area contributed by atoms with E-state index in [2.05, 4.69) is 16.9 Å². The molecule has 5 nitrogen and oxygen atoms in total. The summed E-state index contributed by atoms with van der Waals surface area (Å²) in [6.45, 7) is 1.18. The summed E-state index contributed by atoms with van der Waals surface area (Å²) in [4.78, 5) is 26.2. The molecule has 7 heteroatoms. The highest BCUT2D eigenvalue weighted by molar-refractivity contribution is 8.26. The summed E-state index contributed by atoms with van der Waals surface area (Å²) in [5.41, 5.74) is 2.17. The molecule has 3 rings (SSSR count). The van der Waals surface area contributed by atoms with Crippen LogP contribution in [0.1, 0.15) is 36.8 Å². The zero-order valence-corrected chi connectivity index (χ0v) is 19.8. The van der Waals surface area contributed by atoms with Crippen LogP contribution in [0.2, 0.25) is 0 Å². The molecule has 0 aliphatic carbocycles. The Labute approximate surface area is 198 Å². The van der Waals surface area contributed by atoms with Gasteiger partial charge in [0.2, 0.25) is 0 Å². The minimum absolute atomic E-state index is 0.0591. The van der Waals surface area contributed by atoms with Crippen LogP contribution in [0.4, 0.5) is 0 Å². The molecule has 0 bridgehead atoms. The number of benzene rings is 2. The maximum Gasteiger partial charge on any atom is 0.305 e. The van der Waals surface area contributed by atoms with Gasteiger partial charge < -0.3 is 9.47 Å². The predicted octanol–water partition coefficient (Wildman–Crippen LogP) is 5.24. The molecule has 0 saturated carbocycles. The van der Waals surface area contributed by atoms with Crippen LogP contribution in [0.25, 0.3) is 6.08 Å². The molecule has 1 aliphatic rings. The van der Waals surface area contributed by atoms with Crippen molar-refractivity contribution < 1.29 is 19.1 Å².